The van der Waals surface area contributed by atoms with E-state index in [2.05, 4.69) is 27.6 Å². The van der Waals surface area contributed by atoms with Crippen LogP contribution < -0.4 is 10.6 Å². The minimum absolute atomic E-state index is 0. The van der Waals surface area contributed by atoms with Crippen LogP contribution in [0.4, 0.5) is 4.79 Å². The van der Waals surface area contributed by atoms with E-state index in [4.69, 9.17) is 14.3 Å². The average Bonchev–Trinajstić information content (AvgIpc) is 3.13. The second kappa shape index (κ2) is 10.9. The van der Waals surface area contributed by atoms with Crippen LogP contribution in [0.2, 0.25) is 0 Å². The van der Waals surface area contributed by atoms with Crippen molar-refractivity contribution >= 4 is 36.0 Å². The van der Waals surface area contributed by atoms with Crippen LogP contribution in [0.3, 0.4) is 0 Å². The predicted molar refractivity (Wildman–Crippen MR) is 120 cm³/mol. The Bertz CT molecular complexity index is 650. The van der Waals surface area contributed by atoms with Crippen LogP contribution in [-0.4, -0.2) is 59.9 Å². The van der Waals surface area contributed by atoms with Crippen molar-refractivity contribution in [1.82, 2.24) is 20.7 Å². The fraction of sp³-hybridized carbons (Fsp3) is 0.737. The van der Waals surface area contributed by atoms with Crippen molar-refractivity contribution in [2.75, 3.05) is 26.2 Å². The molecular formula is C19H34IN5O3. The number of ether oxygens (including phenoxy) is 1. The zero-order chi connectivity index (χ0) is 20.0. The Morgan fingerprint density at radius 1 is 1.39 bits per heavy atom. The maximum atomic E-state index is 12.0. The van der Waals surface area contributed by atoms with Crippen molar-refractivity contribution in [3.8, 4) is 0 Å². The summed E-state index contributed by atoms with van der Waals surface area (Å²) in [4.78, 5) is 18.9. The molecule has 1 saturated heterocycles. The van der Waals surface area contributed by atoms with E-state index >= 15 is 0 Å². The Hall–Kier alpha value is -1.52. The standard InChI is InChI=1S/C19H33N5O3.HI/c1-7-20-17(21-10-8-16-13(2)23-27-14(16)3)24-11-9-15(12-24)22-18(25)26-19(4,5)6;/h15H,7-12H2,1-6H3,(H,20,21)(H,22,25);1H. The van der Waals surface area contributed by atoms with Gasteiger partial charge < -0.3 is 24.8 Å². The topological polar surface area (TPSA) is 92.0 Å². The van der Waals surface area contributed by atoms with Crippen LogP contribution in [0.1, 0.15) is 51.1 Å². The molecule has 1 unspecified atom stereocenters. The van der Waals surface area contributed by atoms with Crippen molar-refractivity contribution in [1.29, 1.82) is 0 Å². The number of aromatic nitrogens is 1. The van der Waals surface area contributed by atoms with Crippen molar-refractivity contribution in [2.24, 2.45) is 4.99 Å². The van der Waals surface area contributed by atoms with Gasteiger partial charge in [0, 0.05) is 31.7 Å². The van der Waals surface area contributed by atoms with Crippen LogP contribution in [0, 0.1) is 13.8 Å². The largest absolute Gasteiger partial charge is 0.444 e. The number of hydrogen-bond donors (Lipinski definition) is 2. The maximum Gasteiger partial charge on any atom is 0.407 e. The third-order valence-electron chi connectivity index (χ3n) is 4.35. The molecule has 1 aliphatic rings. The highest BCUT2D eigenvalue weighted by atomic mass is 127. The number of guanidine groups is 1. The minimum Gasteiger partial charge on any atom is -0.444 e. The summed E-state index contributed by atoms with van der Waals surface area (Å²) in [6.45, 7) is 14.5. The second-order valence-electron chi connectivity index (χ2n) is 7.87. The monoisotopic (exact) mass is 507 g/mol. The lowest BCUT2D eigenvalue weighted by Gasteiger charge is -2.23. The Kier molecular flexibility index (Phi) is 9.52. The van der Waals surface area contributed by atoms with Crippen LogP contribution >= 0.6 is 24.0 Å². The second-order valence-corrected chi connectivity index (χ2v) is 7.87. The number of hydrogen-bond acceptors (Lipinski definition) is 5. The number of nitrogens with zero attached hydrogens (tertiary/aromatic N) is 3. The molecule has 1 atom stereocenters. The Labute approximate surface area is 184 Å². The lowest BCUT2D eigenvalue weighted by molar-refractivity contribution is 0.0507. The van der Waals surface area contributed by atoms with E-state index in [1.54, 1.807) is 0 Å². The first-order chi connectivity index (χ1) is 12.7. The van der Waals surface area contributed by atoms with Crippen LogP contribution in [0.5, 0.6) is 0 Å². The van der Waals surface area contributed by atoms with E-state index in [0.717, 1.165) is 55.5 Å². The molecule has 0 saturated carbocycles. The van der Waals surface area contributed by atoms with Crippen molar-refractivity contribution in [3.05, 3.63) is 17.0 Å². The SMILES string of the molecule is CCNC(=NCCc1c(C)noc1C)N1CCC(NC(=O)OC(C)(C)C)C1.I. The molecule has 2 N–H and O–H groups in total. The molecule has 8 nitrogen and oxygen atoms in total. The third-order valence-corrected chi connectivity index (χ3v) is 4.35. The maximum absolute atomic E-state index is 12.0. The van der Waals surface area contributed by atoms with Crippen LogP contribution in [0.15, 0.2) is 9.52 Å². The van der Waals surface area contributed by atoms with Gasteiger partial charge >= 0.3 is 6.09 Å². The molecule has 1 fully saturated rings. The fourth-order valence-corrected chi connectivity index (χ4v) is 3.10. The normalized spacial score (nSPS) is 17.3. The summed E-state index contributed by atoms with van der Waals surface area (Å²) in [5, 5.41) is 10.3. The zero-order valence-corrected chi connectivity index (χ0v) is 20.1. The molecule has 28 heavy (non-hydrogen) atoms. The Morgan fingerprint density at radius 3 is 2.68 bits per heavy atom. The van der Waals surface area contributed by atoms with E-state index in [9.17, 15) is 4.79 Å². The van der Waals surface area contributed by atoms with Crippen LogP contribution in [0.25, 0.3) is 0 Å². The lowest BCUT2D eigenvalue weighted by atomic mass is 10.1. The van der Waals surface area contributed by atoms with Gasteiger partial charge in [-0.05, 0) is 54.4 Å². The molecule has 0 spiro atoms. The van der Waals surface area contributed by atoms with Gasteiger partial charge in [0.05, 0.1) is 11.7 Å². The molecular weight excluding hydrogens is 473 g/mol. The molecule has 0 radical (unpaired) electrons. The quantitative estimate of drug-likeness (QED) is 0.362. The van der Waals surface area contributed by atoms with Gasteiger partial charge in [0.25, 0.3) is 0 Å². The Morgan fingerprint density at radius 2 is 2.11 bits per heavy atom. The highest BCUT2D eigenvalue weighted by Crippen LogP contribution is 2.14. The number of aliphatic imine (C=N–C) groups is 1. The summed E-state index contributed by atoms with van der Waals surface area (Å²) in [7, 11) is 0. The zero-order valence-electron chi connectivity index (χ0n) is 17.8. The van der Waals surface area contributed by atoms with Gasteiger partial charge in [0.15, 0.2) is 5.96 Å². The number of halogens is 1. The summed E-state index contributed by atoms with van der Waals surface area (Å²) < 4.78 is 10.6. The van der Waals surface area contributed by atoms with Gasteiger partial charge in [-0.3, -0.25) is 4.99 Å². The number of carbonyl (C=O) groups excluding carboxylic acids is 1. The molecule has 1 amide bonds. The number of amides is 1. The number of likely N-dealkylation sites (tertiary alicyclic amines) is 1. The molecule has 2 rings (SSSR count). The first-order valence-corrected chi connectivity index (χ1v) is 9.64. The molecule has 1 aromatic heterocycles. The van der Waals surface area contributed by atoms with E-state index in [1.165, 1.54) is 0 Å². The molecule has 1 aliphatic heterocycles. The van der Waals surface area contributed by atoms with E-state index in [0.29, 0.717) is 6.54 Å². The molecule has 160 valence electrons. The summed E-state index contributed by atoms with van der Waals surface area (Å²) in [6, 6.07) is 0.0614. The van der Waals surface area contributed by atoms with Gasteiger partial charge in [-0.15, -0.1) is 24.0 Å². The first kappa shape index (κ1) is 24.5. The van der Waals surface area contributed by atoms with Crippen molar-refractivity contribution < 1.29 is 14.1 Å². The molecule has 9 heteroatoms. The summed E-state index contributed by atoms with van der Waals surface area (Å²) in [5.74, 6) is 1.73. The van der Waals surface area contributed by atoms with Crippen LogP contribution in [-0.2, 0) is 11.2 Å². The van der Waals surface area contributed by atoms with Gasteiger partial charge in [0.1, 0.15) is 11.4 Å². The van der Waals surface area contributed by atoms with Crippen molar-refractivity contribution in [2.45, 2.75) is 66.0 Å². The number of nitrogens with one attached hydrogen (secondary N) is 2. The number of aryl methyl sites for hydroxylation is 2. The lowest BCUT2D eigenvalue weighted by Crippen LogP contribution is -2.44. The first-order valence-electron chi connectivity index (χ1n) is 9.64. The molecule has 1 aromatic rings. The number of alkyl carbamates (subject to hydrolysis) is 1. The smallest absolute Gasteiger partial charge is 0.407 e. The van der Waals surface area contributed by atoms with E-state index < -0.39 is 5.60 Å². The third kappa shape index (κ3) is 7.48. The number of carbonyl (C=O) groups is 1. The van der Waals surface area contributed by atoms with E-state index in [-0.39, 0.29) is 36.1 Å². The summed E-state index contributed by atoms with van der Waals surface area (Å²) in [5.41, 5.74) is 1.56. The average molecular weight is 507 g/mol. The molecule has 0 bridgehead atoms. The molecule has 0 aliphatic carbocycles. The molecule has 0 aromatic carbocycles. The summed E-state index contributed by atoms with van der Waals surface area (Å²) in [6.07, 6.45) is 1.30. The van der Waals surface area contributed by atoms with E-state index in [1.807, 2.05) is 34.6 Å². The molecule has 2 heterocycles. The fourth-order valence-electron chi connectivity index (χ4n) is 3.10. The number of rotatable bonds is 5. The van der Waals surface area contributed by atoms with Crippen molar-refractivity contribution in [3.63, 3.8) is 0 Å². The summed E-state index contributed by atoms with van der Waals surface area (Å²) >= 11 is 0. The predicted octanol–water partition coefficient (Wildman–Crippen LogP) is 3.02. The highest BCUT2D eigenvalue weighted by Gasteiger charge is 2.27. The minimum atomic E-state index is -0.489. The highest BCUT2D eigenvalue weighted by molar-refractivity contribution is 14.0. The van der Waals surface area contributed by atoms with Gasteiger partial charge in [-0.1, -0.05) is 5.16 Å². The Balaban J connectivity index is 0.00000392. The van der Waals surface area contributed by atoms with Gasteiger partial charge in [-0.2, -0.15) is 0 Å². The van der Waals surface area contributed by atoms with Gasteiger partial charge in [0.2, 0.25) is 0 Å². The van der Waals surface area contributed by atoms with Gasteiger partial charge in [-0.25, -0.2) is 4.79 Å².